The molecule has 0 spiro atoms. The highest BCUT2D eigenvalue weighted by Crippen LogP contribution is 2.30. The van der Waals surface area contributed by atoms with Gasteiger partial charge in [0, 0.05) is 11.4 Å². The number of carbonyl (C=O) groups excluding carboxylic acids is 1. The Balaban J connectivity index is 2.64. The van der Waals surface area contributed by atoms with Crippen LogP contribution in [0, 0.1) is 5.41 Å². The molecule has 1 amide bonds. The SMILES string of the molecule is CCCC(CCC)(C(=O)NCCc1cccs1)C(N)=S. The zero-order valence-corrected chi connectivity index (χ0v) is 13.9. The van der Waals surface area contributed by atoms with E-state index < -0.39 is 5.41 Å². The molecule has 1 aromatic heterocycles. The van der Waals surface area contributed by atoms with Crippen molar-refractivity contribution in [3.05, 3.63) is 22.4 Å². The molecule has 1 aromatic rings. The Morgan fingerprint density at radius 2 is 2.05 bits per heavy atom. The van der Waals surface area contributed by atoms with Crippen LogP contribution in [0.1, 0.15) is 44.4 Å². The zero-order chi connectivity index (χ0) is 15.0. The number of nitrogens with two attached hydrogens (primary N) is 1. The van der Waals surface area contributed by atoms with Crippen LogP contribution in [-0.2, 0) is 11.2 Å². The summed E-state index contributed by atoms with van der Waals surface area (Å²) in [4.78, 5) is 14.1. The lowest BCUT2D eigenvalue weighted by Gasteiger charge is -2.31. The van der Waals surface area contributed by atoms with Gasteiger partial charge in [0.25, 0.3) is 0 Å². The standard InChI is InChI=1S/C15H24N2OS2/c1-3-8-15(9-4-2,13(16)19)14(18)17-10-7-12-6-5-11-20-12/h5-6,11H,3-4,7-10H2,1-2H3,(H2,16,19)(H,17,18). The summed E-state index contributed by atoms with van der Waals surface area (Å²) >= 11 is 6.89. The van der Waals surface area contributed by atoms with Crippen molar-refractivity contribution in [2.45, 2.75) is 46.0 Å². The maximum atomic E-state index is 12.5. The molecule has 0 saturated carbocycles. The lowest BCUT2D eigenvalue weighted by molar-refractivity contribution is -0.128. The fraction of sp³-hybridized carbons (Fsp3) is 0.600. The van der Waals surface area contributed by atoms with Gasteiger partial charge in [-0.15, -0.1) is 11.3 Å². The molecule has 0 aromatic carbocycles. The van der Waals surface area contributed by atoms with E-state index in [1.54, 1.807) is 11.3 Å². The molecule has 0 aliphatic rings. The van der Waals surface area contributed by atoms with E-state index in [4.69, 9.17) is 18.0 Å². The summed E-state index contributed by atoms with van der Waals surface area (Å²) < 4.78 is 0. The van der Waals surface area contributed by atoms with E-state index in [1.165, 1.54) is 4.88 Å². The van der Waals surface area contributed by atoms with Gasteiger partial charge in [-0.25, -0.2) is 0 Å². The van der Waals surface area contributed by atoms with Gasteiger partial charge in [0.05, 0.1) is 10.4 Å². The zero-order valence-electron chi connectivity index (χ0n) is 12.3. The second-order valence-electron chi connectivity index (χ2n) is 5.03. The molecule has 1 rings (SSSR count). The van der Waals surface area contributed by atoms with Crippen molar-refractivity contribution in [1.29, 1.82) is 0 Å². The number of thiophene rings is 1. The third-order valence-corrected chi connectivity index (χ3v) is 4.82. The normalized spacial score (nSPS) is 11.3. The Morgan fingerprint density at radius 1 is 1.40 bits per heavy atom. The summed E-state index contributed by atoms with van der Waals surface area (Å²) in [6.45, 7) is 4.75. The largest absolute Gasteiger partial charge is 0.392 e. The van der Waals surface area contributed by atoms with Gasteiger partial charge in [-0.1, -0.05) is 45.0 Å². The lowest BCUT2D eigenvalue weighted by atomic mass is 9.78. The molecular formula is C15H24N2OS2. The van der Waals surface area contributed by atoms with Gasteiger partial charge < -0.3 is 11.1 Å². The summed E-state index contributed by atoms with van der Waals surface area (Å²) in [6, 6.07) is 4.10. The number of amides is 1. The van der Waals surface area contributed by atoms with E-state index in [0.29, 0.717) is 11.5 Å². The molecular weight excluding hydrogens is 288 g/mol. The van der Waals surface area contributed by atoms with E-state index in [9.17, 15) is 4.79 Å². The minimum absolute atomic E-state index is 0.00902. The highest BCUT2D eigenvalue weighted by Gasteiger charge is 2.39. The Kier molecular flexibility index (Phi) is 7.16. The molecule has 0 radical (unpaired) electrons. The van der Waals surface area contributed by atoms with Crippen LogP contribution in [0.15, 0.2) is 17.5 Å². The first-order valence-electron chi connectivity index (χ1n) is 7.17. The minimum Gasteiger partial charge on any atom is -0.392 e. The van der Waals surface area contributed by atoms with Crippen molar-refractivity contribution in [1.82, 2.24) is 5.32 Å². The van der Waals surface area contributed by atoms with E-state index in [0.717, 1.165) is 32.1 Å². The molecule has 1 heterocycles. The quantitative estimate of drug-likeness (QED) is 0.688. The van der Waals surface area contributed by atoms with Crippen molar-refractivity contribution < 1.29 is 4.79 Å². The number of hydrogen-bond acceptors (Lipinski definition) is 3. The average Bonchev–Trinajstić information content (AvgIpc) is 2.91. The fourth-order valence-corrected chi connectivity index (χ4v) is 3.49. The molecule has 0 fully saturated rings. The Labute approximate surface area is 130 Å². The number of nitrogens with one attached hydrogen (secondary N) is 1. The number of rotatable bonds is 9. The summed E-state index contributed by atoms with van der Waals surface area (Å²) in [6.07, 6.45) is 4.10. The van der Waals surface area contributed by atoms with Gasteiger partial charge in [0.1, 0.15) is 0 Å². The lowest BCUT2D eigenvalue weighted by Crippen LogP contribution is -2.49. The predicted octanol–water partition coefficient (Wildman–Crippen LogP) is 3.28. The van der Waals surface area contributed by atoms with Crippen molar-refractivity contribution in [3.63, 3.8) is 0 Å². The predicted molar refractivity (Wildman–Crippen MR) is 90.1 cm³/mol. The van der Waals surface area contributed by atoms with Crippen LogP contribution in [0.3, 0.4) is 0 Å². The molecule has 0 aliphatic heterocycles. The molecule has 3 nitrogen and oxygen atoms in total. The molecule has 0 bridgehead atoms. The molecule has 5 heteroatoms. The maximum absolute atomic E-state index is 12.5. The van der Waals surface area contributed by atoms with E-state index in [2.05, 4.69) is 25.2 Å². The fourth-order valence-electron chi connectivity index (χ4n) is 2.49. The second kappa shape index (κ2) is 8.37. The molecule has 112 valence electrons. The topological polar surface area (TPSA) is 55.1 Å². The van der Waals surface area contributed by atoms with Crippen LogP contribution in [0.5, 0.6) is 0 Å². The Bertz CT molecular complexity index is 423. The van der Waals surface area contributed by atoms with Crippen LogP contribution in [0.25, 0.3) is 0 Å². The first kappa shape index (κ1) is 17.1. The molecule has 0 unspecified atom stereocenters. The summed E-state index contributed by atoms with van der Waals surface area (Å²) in [5.74, 6) is -0.00902. The monoisotopic (exact) mass is 312 g/mol. The van der Waals surface area contributed by atoms with E-state index in [1.807, 2.05) is 11.4 Å². The number of carbonyl (C=O) groups is 1. The van der Waals surface area contributed by atoms with Crippen LogP contribution in [0.4, 0.5) is 0 Å². The average molecular weight is 313 g/mol. The highest BCUT2D eigenvalue weighted by molar-refractivity contribution is 7.80. The highest BCUT2D eigenvalue weighted by atomic mass is 32.1. The first-order valence-corrected chi connectivity index (χ1v) is 8.46. The summed E-state index contributed by atoms with van der Waals surface area (Å²) in [5, 5.41) is 5.06. The molecule has 20 heavy (non-hydrogen) atoms. The number of hydrogen-bond donors (Lipinski definition) is 2. The Hall–Kier alpha value is -0.940. The minimum atomic E-state index is -0.672. The van der Waals surface area contributed by atoms with Crippen molar-refractivity contribution in [3.8, 4) is 0 Å². The third-order valence-electron chi connectivity index (χ3n) is 3.50. The van der Waals surface area contributed by atoms with Crippen LogP contribution >= 0.6 is 23.6 Å². The number of thiocarbonyl (C=S) groups is 1. The smallest absolute Gasteiger partial charge is 0.233 e. The summed E-state index contributed by atoms with van der Waals surface area (Å²) in [7, 11) is 0. The van der Waals surface area contributed by atoms with Gasteiger partial charge in [-0.3, -0.25) is 4.79 Å². The van der Waals surface area contributed by atoms with E-state index in [-0.39, 0.29) is 5.91 Å². The maximum Gasteiger partial charge on any atom is 0.233 e. The molecule has 3 N–H and O–H groups in total. The molecule has 0 atom stereocenters. The van der Waals surface area contributed by atoms with Crippen LogP contribution in [-0.4, -0.2) is 17.4 Å². The van der Waals surface area contributed by atoms with Gasteiger partial charge in [-0.2, -0.15) is 0 Å². The summed E-state index contributed by atoms with van der Waals surface area (Å²) in [5.41, 5.74) is 5.21. The second-order valence-corrected chi connectivity index (χ2v) is 6.50. The van der Waals surface area contributed by atoms with Crippen molar-refractivity contribution >= 4 is 34.5 Å². The van der Waals surface area contributed by atoms with Crippen molar-refractivity contribution in [2.24, 2.45) is 11.1 Å². The molecule has 0 saturated heterocycles. The van der Waals surface area contributed by atoms with Gasteiger partial charge in [0.2, 0.25) is 5.91 Å². The van der Waals surface area contributed by atoms with Crippen molar-refractivity contribution in [2.75, 3.05) is 6.54 Å². The first-order chi connectivity index (χ1) is 9.56. The van der Waals surface area contributed by atoms with Gasteiger partial charge in [-0.05, 0) is 30.7 Å². The molecule has 0 aliphatic carbocycles. The van der Waals surface area contributed by atoms with E-state index >= 15 is 0 Å². The van der Waals surface area contributed by atoms with Crippen LogP contribution in [0.2, 0.25) is 0 Å². The van der Waals surface area contributed by atoms with Gasteiger partial charge >= 0.3 is 0 Å². The third kappa shape index (κ3) is 4.28. The Morgan fingerprint density at radius 3 is 2.50 bits per heavy atom. The van der Waals surface area contributed by atoms with Crippen LogP contribution < -0.4 is 11.1 Å². The van der Waals surface area contributed by atoms with Gasteiger partial charge in [0.15, 0.2) is 0 Å².